The first kappa shape index (κ1) is 13.2. The Hall–Kier alpha value is -1.80. The molecule has 0 radical (unpaired) electrons. The van der Waals surface area contributed by atoms with Gasteiger partial charge in [0.15, 0.2) is 0 Å². The molecular formula is C18H21NO. The van der Waals surface area contributed by atoms with E-state index in [9.17, 15) is 0 Å². The number of nitrogens with two attached hydrogens (primary N) is 1. The molecule has 3 rings (SSSR count). The largest absolute Gasteiger partial charge is 0.488 e. The van der Waals surface area contributed by atoms with Crippen LogP contribution in [0.25, 0.3) is 11.1 Å². The quantitative estimate of drug-likeness (QED) is 0.903. The molecule has 0 spiro atoms. The Morgan fingerprint density at radius 3 is 2.50 bits per heavy atom. The van der Waals surface area contributed by atoms with Gasteiger partial charge in [-0.3, -0.25) is 0 Å². The Balaban J connectivity index is 2.16. The highest BCUT2D eigenvalue weighted by molar-refractivity contribution is 5.78. The van der Waals surface area contributed by atoms with Gasteiger partial charge in [0.1, 0.15) is 11.9 Å². The summed E-state index contributed by atoms with van der Waals surface area (Å²) in [5.74, 6) is 1.03. The molecule has 104 valence electrons. The average molecular weight is 267 g/mol. The fourth-order valence-electron chi connectivity index (χ4n) is 3.27. The number of aryl methyl sites for hydroxylation is 3. The van der Waals surface area contributed by atoms with Gasteiger partial charge in [-0.05, 0) is 43.0 Å². The van der Waals surface area contributed by atoms with Crippen LogP contribution in [0.2, 0.25) is 0 Å². The lowest BCUT2D eigenvalue weighted by atomic mass is 9.92. The lowest BCUT2D eigenvalue weighted by molar-refractivity contribution is 0.242. The first-order chi connectivity index (χ1) is 9.60. The summed E-state index contributed by atoms with van der Waals surface area (Å²) in [7, 11) is 0. The molecule has 0 saturated carbocycles. The minimum Gasteiger partial charge on any atom is -0.488 e. The van der Waals surface area contributed by atoms with Crippen molar-refractivity contribution in [2.24, 2.45) is 5.73 Å². The maximum absolute atomic E-state index is 6.06. The Labute approximate surface area is 120 Å². The fraction of sp³-hybridized carbons (Fsp3) is 0.333. The molecule has 1 atom stereocenters. The van der Waals surface area contributed by atoms with Crippen molar-refractivity contribution in [2.75, 3.05) is 6.54 Å². The Kier molecular flexibility index (Phi) is 3.27. The topological polar surface area (TPSA) is 35.2 Å². The van der Waals surface area contributed by atoms with Crippen molar-refractivity contribution >= 4 is 0 Å². The molecule has 0 bridgehead atoms. The molecule has 2 nitrogen and oxygen atoms in total. The zero-order valence-corrected chi connectivity index (χ0v) is 12.4. The van der Waals surface area contributed by atoms with Gasteiger partial charge in [-0.15, -0.1) is 0 Å². The maximum Gasteiger partial charge on any atom is 0.130 e. The minimum atomic E-state index is 0.122. The van der Waals surface area contributed by atoms with Crippen LogP contribution in [0.3, 0.4) is 0 Å². The van der Waals surface area contributed by atoms with Crippen molar-refractivity contribution in [1.29, 1.82) is 0 Å². The SMILES string of the molecule is Cc1cc(C)c(-c2cccc3c2O[C@@H](CN)C3)c(C)c1. The molecule has 2 aromatic rings. The van der Waals surface area contributed by atoms with Crippen LogP contribution in [0.5, 0.6) is 5.75 Å². The van der Waals surface area contributed by atoms with Gasteiger partial charge in [-0.1, -0.05) is 35.9 Å². The molecule has 0 aliphatic carbocycles. The van der Waals surface area contributed by atoms with E-state index in [2.05, 4.69) is 51.1 Å². The summed E-state index contributed by atoms with van der Waals surface area (Å²) in [6.07, 6.45) is 1.04. The number of ether oxygens (including phenoxy) is 1. The summed E-state index contributed by atoms with van der Waals surface area (Å²) >= 11 is 0. The highest BCUT2D eigenvalue weighted by atomic mass is 16.5. The van der Waals surface area contributed by atoms with E-state index in [1.54, 1.807) is 0 Å². The average Bonchev–Trinajstić information content (AvgIpc) is 2.81. The highest BCUT2D eigenvalue weighted by Crippen LogP contribution is 2.41. The van der Waals surface area contributed by atoms with E-state index in [4.69, 9.17) is 10.5 Å². The van der Waals surface area contributed by atoms with E-state index in [1.807, 2.05) is 0 Å². The van der Waals surface area contributed by atoms with Gasteiger partial charge in [-0.2, -0.15) is 0 Å². The molecule has 0 saturated heterocycles. The first-order valence-corrected chi connectivity index (χ1v) is 7.17. The van der Waals surface area contributed by atoms with Gasteiger partial charge in [0.2, 0.25) is 0 Å². The number of para-hydroxylation sites is 1. The van der Waals surface area contributed by atoms with Crippen molar-refractivity contribution in [2.45, 2.75) is 33.3 Å². The molecule has 20 heavy (non-hydrogen) atoms. The summed E-state index contributed by atoms with van der Waals surface area (Å²) in [4.78, 5) is 0. The standard InChI is InChI=1S/C18H21NO/c1-11-7-12(2)17(13(3)8-11)16-6-4-5-14-9-15(10-19)20-18(14)16/h4-8,15H,9-10,19H2,1-3H3/t15-/m1/s1. The molecule has 2 N–H and O–H groups in total. The fourth-order valence-corrected chi connectivity index (χ4v) is 3.27. The number of hydrogen-bond donors (Lipinski definition) is 1. The maximum atomic E-state index is 6.06. The summed E-state index contributed by atoms with van der Waals surface area (Å²) in [5, 5.41) is 0. The predicted molar refractivity (Wildman–Crippen MR) is 83.3 cm³/mol. The van der Waals surface area contributed by atoms with Gasteiger partial charge in [0.25, 0.3) is 0 Å². The van der Waals surface area contributed by atoms with E-state index in [0.29, 0.717) is 6.54 Å². The third-order valence-corrected chi connectivity index (χ3v) is 4.04. The second kappa shape index (κ2) is 4.95. The summed E-state index contributed by atoms with van der Waals surface area (Å²) in [6, 6.07) is 10.9. The van der Waals surface area contributed by atoms with E-state index in [0.717, 1.165) is 12.2 Å². The van der Waals surface area contributed by atoms with Crippen LogP contribution < -0.4 is 10.5 Å². The normalized spacial score (nSPS) is 16.9. The molecule has 0 amide bonds. The van der Waals surface area contributed by atoms with E-state index in [-0.39, 0.29) is 6.10 Å². The zero-order chi connectivity index (χ0) is 14.3. The molecule has 2 aromatic carbocycles. The predicted octanol–water partition coefficient (Wildman–Crippen LogP) is 3.54. The van der Waals surface area contributed by atoms with Gasteiger partial charge in [-0.25, -0.2) is 0 Å². The van der Waals surface area contributed by atoms with Crippen LogP contribution in [-0.2, 0) is 6.42 Å². The highest BCUT2D eigenvalue weighted by Gasteiger charge is 2.25. The van der Waals surface area contributed by atoms with Gasteiger partial charge >= 0.3 is 0 Å². The van der Waals surface area contributed by atoms with Crippen molar-refractivity contribution in [1.82, 2.24) is 0 Å². The third kappa shape index (κ3) is 2.10. The molecule has 0 aromatic heterocycles. The Morgan fingerprint density at radius 2 is 1.85 bits per heavy atom. The summed E-state index contributed by atoms with van der Waals surface area (Å²) in [5.41, 5.74) is 13.4. The minimum absolute atomic E-state index is 0.122. The number of fused-ring (bicyclic) bond motifs is 1. The molecule has 1 aliphatic heterocycles. The van der Waals surface area contributed by atoms with Crippen LogP contribution in [0, 0.1) is 20.8 Å². The molecule has 1 aliphatic rings. The van der Waals surface area contributed by atoms with Crippen molar-refractivity contribution in [3.8, 4) is 16.9 Å². The monoisotopic (exact) mass is 267 g/mol. The van der Waals surface area contributed by atoms with Crippen LogP contribution in [0.1, 0.15) is 22.3 Å². The number of benzene rings is 2. The van der Waals surface area contributed by atoms with E-state index < -0.39 is 0 Å². The second-order valence-corrected chi connectivity index (χ2v) is 5.75. The van der Waals surface area contributed by atoms with Crippen LogP contribution in [0.4, 0.5) is 0 Å². The van der Waals surface area contributed by atoms with Crippen LogP contribution in [-0.4, -0.2) is 12.6 Å². The number of hydrogen-bond acceptors (Lipinski definition) is 2. The van der Waals surface area contributed by atoms with Gasteiger partial charge in [0.05, 0.1) is 0 Å². The molecule has 2 heteroatoms. The third-order valence-electron chi connectivity index (χ3n) is 4.04. The Bertz CT molecular complexity index is 637. The van der Waals surface area contributed by atoms with Crippen LogP contribution in [0.15, 0.2) is 30.3 Å². The molecule has 0 unspecified atom stereocenters. The van der Waals surface area contributed by atoms with Crippen molar-refractivity contribution in [3.63, 3.8) is 0 Å². The summed E-state index contributed by atoms with van der Waals surface area (Å²) < 4.78 is 6.06. The van der Waals surface area contributed by atoms with Gasteiger partial charge in [0, 0.05) is 18.5 Å². The smallest absolute Gasteiger partial charge is 0.130 e. The van der Waals surface area contributed by atoms with Crippen molar-refractivity contribution < 1.29 is 4.74 Å². The van der Waals surface area contributed by atoms with Crippen molar-refractivity contribution in [3.05, 3.63) is 52.6 Å². The Morgan fingerprint density at radius 1 is 1.15 bits per heavy atom. The van der Waals surface area contributed by atoms with E-state index in [1.165, 1.54) is 33.4 Å². The van der Waals surface area contributed by atoms with E-state index >= 15 is 0 Å². The first-order valence-electron chi connectivity index (χ1n) is 7.17. The molecule has 0 fully saturated rings. The second-order valence-electron chi connectivity index (χ2n) is 5.75. The molecular weight excluding hydrogens is 246 g/mol. The zero-order valence-electron chi connectivity index (χ0n) is 12.4. The number of rotatable bonds is 2. The summed E-state index contributed by atoms with van der Waals surface area (Å²) in [6.45, 7) is 7.05. The van der Waals surface area contributed by atoms with Gasteiger partial charge < -0.3 is 10.5 Å². The van der Waals surface area contributed by atoms with Crippen LogP contribution >= 0.6 is 0 Å². The lowest BCUT2D eigenvalue weighted by Gasteiger charge is -2.15. The lowest BCUT2D eigenvalue weighted by Crippen LogP contribution is -2.24. The molecule has 1 heterocycles.